The van der Waals surface area contributed by atoms with E-state index in [1.165, 1.54) is 0 Å². The predicted octanol–water partition coefficient (Wildman–Crippen LogP) is 0.931. The zero-order valence-electron chi connectivity index (χ0n) is 16.5. The highest BCUT2D eigenvalue weighted by Gasteiger charge is 2.17. The van der Waals surface area contributed by atoms with E-state index in [9.17, 15) is 14.7 Å². The molecule has 3 rings (SSSR count). The highest BCUT2D eigenvalue weighted by Crippen LogP contribution is 2.32. The monoisotopic (exact) mass is 399 g/mol. The minimum Gasteiger partial charge on any atom is -0.454 e. The Morgan fingerprint density at radius 2 is 1.72 bits per heavy atom. The van der Waals surface area contributed by atoms with Crippen molar-refractivity contribution in [1.29, 1.82) is 0 Å². The third-order valence-corrected chi connectivity index (χ3v) is 4.49. The van der Waals surface area contributed by atoms with Crippen LogP contribution in [0.3, 0.4) is 0 Å². The number of carbonyl (C=O) groups is 2. The summed E-state index contributed by atoms with van der Waals surface area (Å²) in [6, 6.07) is 12.6. The lowest BCUT2D eigenvalue weighted by molar-refractivity contribution is -0.120. The van der Waals surface area contributed by atoms with E-state index < -0.39 is 6.10 Å². The van der Waals surface area contributed by atoms with Gasteiger partial charge in [-0.1, -0.05) is 12.1 Å². The molecule has 0 bridgehead atoms. The molecule has 0 aromatic heterocycles. The van der Waals surface area contributed by atoms with Crippen LogP contribution in [0.4, 0.5) is 5.69 Å². The number of rotatable bonds is 8. The fraction of sp³-hybridized carbons (Fsp3) is 0.333. The summed E-state index contributed by atoms with van der Waals surface area (Å²) in [5.41, 5.74) is 2.35. The lowest BCUT2D eigenvalue weighted by Gasteiger charge is -2.14. The summed E-state index contributed by atoms with van der Waals surface area (Å²) in [6.45, 7) is 0.208. The molecule has 2 amide bonds. The van der Waals surface area contributed by atoms with Crippen LogP contribution in [0.25, 0.3) is 0 Å². The fourth-order valence-electron chi connectivity index (χ4n) is 2.81. The van der Waals surface area contributed by atoms with E-state index in [1.54, 1.807) is 18.2 Å². The molecule has 0 fully saturated rings. The number of nitrogens with zero attached hydrogens (tertiary/aromatic N) is 1. The number of hydrogen-bond donors (Lipinski definition) is 3. The van der Waals surface area contributed by atoms with Crippen LogP contribution >= 0.6 is 0 Å². The number of amides is 2. The van der Waals surface area contributed by atoms with Crippen molar-refractivity contribution in [2.45, 2.75) is 12.5 Å². The first kappa shape index (κ1) is 20.5. The third kappa shape index (κ3) is 5.61. The number of fused-ring (bicyclic) bond motifs is 1. The second-order valence-corrected chi connectivity index (χ2v) is 6.97. The van der Waals surface area contributed by atoms with Crippen molar-refractivity contribution in [3.05, 3.63) is 53.6 Å². The molecule has 29 heavy (non-hydrogen) atoms. The Bertz CT molecular complexity index is 867. The van der Waals surface area contributed by atoms with Crippen LogP contribution in [-0.2, 0) is 11.2 Å². The van der Waals surface area contributed by atoms with Gasteiger partial charge in [0.15, 0.2) is 11.5 Å². The number of nitrogens with one attached hydrogen (secondary N) is 2. The van der Waals surface area contributed by atoms with E-state index in [1.807, 2.05) is 43.3 Å². The normalized spacial score (nSPS) is 12.9. The van der Waals surface area contributed by atoms with E-state index in [0.29, 0.717) is 17.1 Å². The van der Waals surface area contributed by atoms with Crippen molar-refractivity contribution in [2.75, 3.05) is 38.9 Å². The maximum atomic E-state index is 12.2. The molecule has 2 aromatic carbocycles. The number of hydrogen-bond acceptors (Lipinski definition) is 6. The second kappa shape index (κ2) is 9.29. The van der Waals surface area contributed by atoms with Crippen LogP contribution in [0.5, 0.6) is 11.5 Å². The molecule has 1 aliphatic rings. The summed E-state index contributed by atoms with van der Waals surface area (Å²) in [5.74, 6) is 0.586. The third-order valence-electron chi connectivity index (χ3n) is 4.49. The van der Waals surface area contributed by atoms with Gasteiger partial charge in [0, 0.05) is 38.4 Å². The van der Waals surface area contributed by atoms with Crippen molar-refractivity contribution >= 4 is 17.5 Å². The van der Waals surface area contributed by atoms with Gasteiger partial charge in [-0.2, -0.15) is 0 Å². The van der Waals surface area contributed by atoms with Gasteiger partial charge in [-0.25, -0.2) is 0 Å². The molecule has 0 aliphatic carbocycles. The molecule has 1 atom stereocenters. The van der Waals surface area contributed by atoms with Gasteiger partial charge in [0.1, 0.15) is 0 Å². The molecule has 1 heterocycles. The van der Waals surface area contributed by atoms with E-state index in [0.717, 1.165) is 11.3 Å². The fourth-order valence-corrected chi connectivity index (χ4v) is 2.81. The van der Waals surface area contributed by atoms with E-state index in [-0.39, 0.29) is 38.1 Å². The number of carbonyl (C=O) groups excluding carboxylic acids is 2. The average molecular weight is 399 g/mol. The standard InChI is InChI=1S/C21H25N3O5/c1-24(2)16-6-3-14(4-7-16)9-20(26)22-11-17(25)12-23-21(27)15-5-8-18-19(10-15)29-13-28-18/h3-8,10,17,25H,9,11-13H2,1-2H3,(H,22,26)(H,23,27). The second-order valence-electron chi connectivity index (χ2n) is 6.97. The topological polar surface area (TPSA) is 100 Å². The van der Waals surface area contributed by atoms with Crippen LogP contribution in [0.2, 0.25) is 0 Å². The lowest BCUT2D eigenvalue weighted by atomic mass is 10.1. The van der Waals surface area contributed by atoms with Crippen LogP contribution in [-0.4, -0.2) is 57.0 Å². The van der Waals surface area contributed by atoms with Crippen LogP contribution in [0.1, 0.15) is 15.9 Å². The minimum absolute atomic E-state index is 0.0189. The first-order valence-electron chi connectivity index (χ1n) is 9.31. The number of aliphatic hydroxyl groups excluding tert-OH is 1. The highest BCUT2D eigenvalue weighted by atomic mass is 16.7. The lowest BCUT2D eigenvalue weighted by Crippen LogP contribution is -2.40. The molecular formula is C21H25N3O5. The Morgan fingerprint density at radius 1 is 1.03 bits per heavy atom. The molecule has 0 saturated heterocycles. The van der Waals surface area contributed by atoms with Gasteiger partial charge < -0.3 is 30.1 Å². The Balaban J connectivity index is 1.39. The quantitative estimate of drug-likeness (QED) is 0.611. The maximum Gasteiger partial charge on any atom is 0.251 e. The van der Waals surface area contributed by atoms with Gasteiger partial charge in [0.05, 0.1) is 12.5 Å². The molecule has 1 aliphatic heterocycles. The van der Waals surface area contributed by atoms with E-state index >= 15 is 0 Å². The zero-order chi connectivity index (χ0) is 20.8. The van der Waals surface area contributed by atoms with Crippen molar-refractivity contribution in [1.82, 2.24) is 10.6 Å². The summed E-state index contributed by atoms with van der Waals surface area (Å²) in [7, 11) is 3.91. The molecule has 0 radical (unpaired) electrons. The molecular weight excluding hydrogens is 374 g/mol. The SMILES string of the molecule is CN(C)c1ccc(CC(=O)NCC(O)CNC(=O)c2ccc3c(c2)OCO3)cc1. The molecule has 3 N–H and O–H groups in total. The first-order chi connectivity index (χ1) is 13.9. The maximum absolute atomic E-state index is 12.2. The summed E-state index contributed by atoms with van der Waals surface area (Å²) in [6.07, 6.45) is -0.669. The molecule has 0 saturated carbocycles. The van der Waals surface area contributed by atoms with Crippen LogP contribution in [0, 0.1) is 0 Å². The Labute approximate surface area is 169 Å². The number of benzene rings is 2. The Kier molecular flexibility index (Phi) is 6.56. The molecule has 8 heteroatoms. The van der Waals surface area contributed by atoms with Crippen LogP contribution < -0.4 is 25.0 Å². The Morgan fingerprint density at radius 3 is 2.45 bits per heavy atom. The molecule has 154 valence electrons. The van der Waals surface area contributed by atoms with Crippen molar-refractivity contribution < 1.29 is 24.2 Å². The summed E-state index contributed by atoms with van der Waals surface area (Å²) >= 11 is 0. The minimum atomic E-state index is -0.895. The highest BCUT2D eigenvalue weighted by molar-refractivity contribution is 5.95. The van der Waals surface area contributed by atoms with Gasteiger partial charge in [-0.3, -0.25) is 9.59 Å². The van der Waals surface area contributed by atoms with Gasteiger partial charge >= 0.3 is 0 Å². The smallest absolute Gasteiger partial charge is 0.251 e. The van der Waals surface area contributed by atoms with Gasteiger partial charge in [0.2, 0.25) is 12.7 Å². The largest absolute Gasteiger partial charge is 0.454 e. The van der Waals surface area contributed by atoms with Gasteiger partial charge in [-0.15, -0.1) is 0 Å². The molecule has 8 nitrogen and oxygen atoms in total. The number of ether oxygens (including phenoxy) is 2. The molecule has 0 spiro atoms. The predicted molar refractivity (Wildman–Crippen MR) is 108 cm³/mol. The molecule has 1 unspecified atom stereocenters. The average Bonchev–Trinajstić information content (AvgIpc) is 3.18. The summed E-state index contributed by atoms with van der Waals surface area (Å²) in [4.78, 5) is 26.2. The van der Waals surface area contributed by atoms with Gasteiger partial charge in [0.25, 0.3) is 5.91 Å². The Hall–Kier alpha value is -3.26. The number of aliphatic hydroxyl groups is 1. The van der Waals surface area contributed by atoms with E-state index in [2.05, 4.69) is 10.6 Å². The van der Waals surface area contributed by atoms with Gasteiger partial charge in [-0.05, 0) is 35.9 Å². The van der Waals surface area contributed by atoms with Crippen molar-refractivity contribution in [2.24, 2.45) is 0 Å². The van der Waals surface area contributed by atoms with Crippen molar-refractivity contribution in [3.63, 3.8) is 0 Å². The summed E-state index contributed by atoms with van der Waals surface area (Å²) < 4.78 is 10.5. The summed E-state index contributed by atoms with van der Waals surface area (Å²) in [5, 5.41) is 15.4. The van der Waals surface area contributed by atoms with Crippen molar-refractivity contribution in [3.8, 4) is 11.5 Å². The number of anilines is 1. The van der Waals surface area contributed by atoms with E-state index in [4.69, 9.17) is 9.47 Å². The first-order valence-corrected chi connectivity index (χ1v) is 9.31. The molecule has 2 aromatic rings. The van der Waals surface area contributed by atoms with Crippen LogP contribution in [0.15, 0.2) is 42.5 Å². The zero-order valence-corrected chi connectivity index (χ0v) is 16.5.